The first-order valence-corrected chi connectivity index (χ1v) is 9.67. The molecular weight excluding hydrogens is 357 g/mol. The van der Waals surface area contributed by atoms with Crippen molar-refractivity contribution in [3.05, 3.63) is 58.9 Å². The lowest BCUT2D eigenvalue weighted by atomic mass is 9.92. The topological polar surface area (TPSA) is 63.1 Å². The molecule has 144 valence electrons. The van der Waals surface area contributed by atoms with Crippen molar-refractivity contribution in [1.82, 2.24) is 19.4 Å². The van der Waals surface area contributed by atoms with E-state index in [2.05, 4.69) is 22.2 Å². The second kappa shape index (κ2) is 6.67. The van der Waals surface area contributed by atoms with Gasteiger partial charge in [0, 0.05) is 25.3 Å². The molecule has 3 atom stereocenters. The van der Waals surface area contributed by atoms with Gasteiger partial charge >= 0.3 is 0 Å². The number of pyridine rings is 1. The van der Waals surface area contributed by atoms with Crippen molar-refractivity contribution in [1.29, 1.82) is 0 Å². The van der Waals surface area contributed by atoms with Gasteiger partial charge in [-0.15, -0.1) is 0 Å². The third-order valence-corrected chi connectivity index (χ3v) is 6.04. The number of anilines is 2. The Labute approximate surface area is 162 Å². The number of nitrogens with one attached hydrogen (secondary N) is 1. The van der Waals surface area contributed by atoms with E-state index < -0.39 is 5.82 Å². The minimum atomic E-state index is -0.419. The Kier molecular flexibility index (Phi) is 4.12. The molecule has 1 N–H and O–H groups in total. The number of hydrogen-bond donors (Lipinski definition) is 1. The maximum absolute atomic E-state index is 13.8. The number of hydrogen-bond acceptors (Lipinski definition) is 5. The molecule has 2 bridgehead atoms. The molecule has 1 aliphatic heterocycles. The average Bonchev–Trinajstić information content (AvgIpc) is 2.94. The number of rotatable bonds is 3. The lowest BCUT2D eigenvalue weighted by Gasteiger charge is -2.37. The molecule has 3 heterocycles. The number of halogens is 1. The molecular formula is C21H22FN5O. The van der Waals surface area contributed by atoms with Crippen molar-refractivity contribution >= 4 is 22.5 Å². The molecule has 5 rings (SSSR count). The third-order valence-electron chi connectivity index (χ3n) is 6.04. The van der Waals surface area contributed by atoms with Gasteiger partial charge in [0.05, 0.1) is 22.8 Å². The molecule has 1 aromatic carbocycles. The van der Waals surface area contributed by atoms with Crippen LogP contribution in [0.5, 0.6) is 0 Å². The van der Waals surface area contributed by atoms with Crippen LogP contribution in [0.3, 0.4) is 0 Å². The van der Waals surface area contributed by atoms with Crippen LogP contribution in [0.15, 0.2) is 47.5 Å². The smallest absolute Gasteiger partial charge is 0.263 e. The summed E-state index contributed by atoms with van der Waals surface area (Å²) in [5.41, 5.74) is 1.08. The fraction of sp³-hybridized carbons (Fsp3) is 0.381. The Morgan fingerprint density at radius 2 is 1.96 bits per heavy atom. The largest absolute Gasteiger partial charge is 0.324 e. The standard InChI is InChI=1S/C21H22FN5O/c1-26-11-13-4-5-14(12-26)19(13)27-20(28)17-9-15(22)6-7-18(17)25-21(27)24-16-3-2-8-23-10-16/h2-3,6-10,13-14,19H,4-5,11-12H2,1H3,(H,24,25)/t13-,14+,19-. The molecule has 1 aliphatic carbocycles. The van der Waals surface area contributed by atoms with Crippen molar-refractivity contribution in [2.45, 2.75) is 18.9 Å². The molecule has 7 heteroatoms. The molecule has 2 aromatic heterocycles. The lowest BCUT2D eigenvalue weighted by Crippen LogP contribution is -2.44. The van der Waals surface area contributed by atoms with Crippen LogP contribution in [0.25, 0.3) is 10.9 Å². The van der Waals surface area contributed by atoms with Gasteiger partial charge in [-0.05, 0) is 62.1 Å². The first kappa shape index (κ1) is 17.3. The number of piperidine rings is 1. The molecule has 6 nitrogen and oxygen atoms in total. The predicted molar refractivity (Wildman–Crippen MR) is 106 cm³/mol. The summed E-state index contributed by atoms with van der Waals surface area (Å²) in [5, 5.41) is 3.61. The van der Waals surface area contributed by atoms with E-state index in [1.807, 2.05) is 12.1 Å². The van der Waals surface area contributed by atoms with Crippen molar-refractivity contribution < 1.29 is 4.39 Å². The maximum Gasteiger partial charge on any atom is 0.263 e. The highest BCUT2D eigenvalue weighted by Crippen LogP contribution is 2.45. The van der Waals surface area contributed by atoms with Crippen LogP contribution in [0.2, 0.25) is 0 Å². The molecule has 28 heavy (non-hydrogen) atoms. The molecule has 1 saturated heterocycles. The van der Waals surface area contributed by atoms with E-state index >= 15 is 0 Å². The highest BCUT2D eigenvalue weighted by molar-refractivity contribution is 5.79. The van der Waals surface area contributed by atoms with E-state index in [-0.39, 0.29) is 11.6 Å². The van der Waals surface area contributed by atoms with Crippen LogP contribution in [0, 0.1) is 17.7 Å². The van der Waals surface area contributed by atoms with E-state index in [9.17, 15) is 9.18 Å². The van der Waals surface area contributed by atoms with Crippen LogP contribution < -0.4 is 10.9 Å². The lowest BCUT2D eigenvalue weighted by molar-refractivity contribution is 0.136. The van der Waals surface area contributed by atoms with Gasteiger partial charge in [-0.2, -0.15) is 0 Å². The Morgan fingerprint density at radius 3 is 2.68 bits per heavy atom. The highest BCUT2D eigenvalue weighted by Gasteiger charge is 2.43. The minimum absolute atomic E-state index is 0.0723. The van der Waals surface area contributed by atoms with E-state index in [0.717, 1.165) is 31.6 Å². The summed E-state index contributed by atoms with van der Waals surface area (Å²) in [7, 11) is 2.13. The number of nitrogens with zero attached hydrogens (tertiary/aromatic N) is 4. The average molecular weight is 379 g/mol. The number of fused-ring (bicyclic) bond motifs is 3. The molecule has 2 fully saturated rings. The Hall–Kier alpha value is -2.80. The summed E-state index contributed by atoms with van der Waals surface area (Å²) in [4.78, 5) is 24.7. The van der Waals surface area contributed by atoms with E-state index in [4.69, 9.17) is 4.98 Å². The molecule has 3 aromatic rings. The monoisotopic (exact) mass is 379 g/mol. The number of likely N-dealkylation sites (tertiary alicyclic amines) is 1. The van der Waals surface area contributed by atoms with Gasteiger partial charge in [0.15, 0.2) is 0 Å². The predicted octanol–water partition coefficient (Wildman–Crippen LogP) is 3.19. The quantitative estimate of drug-likeness (QED) is 0.757. The van der Waals surface area contributed by atoms with Crippen molar-refractivity contribution in [3.63, 3.8) is 0 Å². The fourth-order valence-electron chi connectivity index (χ4n) is 4.95. The van der Waals surface area contributed by atoms with Crippen LogP contribution in [-0.2, 0) is 0 Å². The Balaban J connectivity index is 1.70. The molecule has 0 radical (unpaired) electrons. The van der Waals surface area contributed by atoms with Gasteiger partial charge in [-0.3, -0.25) is 14.3 Å². The van der Waals surface area contributed by atoms with Crippen molar-refractivity contribution in [2.24, 2.45) is 11.8 Å². The molecule has 1 saturated carbocycles. The molecule has 0 amide bonds. The van der Waals surface area contributed by atoms with E-state index in [0.29, 0.717) is 28.7 Å². The van der Waals surface area contributed by atoms with Gasteiger partial charge < -0.3 is 10.2 Å². The summed E-state index contributed by atoms with van der Waals surface area (Å²) in [6.45, 7) is 1.92. The summed E-state index contributed by atoms with van der Waals surface area (Å²) in [6, 6.07) is 8.00. The summed E-state index contributed by atoms with van der Waals surface area (Å²) in [6.07, 6.45) is 5.60. The zero-order valence-corrected chi connectivity index (χ0v) is 15.7. The summed E-state index contributed by atoms with van der Waals surface area (Å²) >= 11 is 0. The molecule has 0 unspecified atom stereocenters. The fourth-order valence-corrected chi connectivity index (χ4v) is 4.95. The summed E-state index contributed by atoms with van der Waals surface area (Å²) in [5.74, 6) is 0.869. The Morgan fingerprint density at radius 1 is 1.18 bits per heavy atom. The van der Waals surface area contributed by atoms with Gasteiger partial charge in [0.1, 0.15) is 5.82 Å². The van der Waals surface area contributed by atoms with Crippen molar-refractivity contribution in [3.8, 4) is 0 Å². The SMILES string of the molecule is CN1C[C@H]2CC[C@@H](C1)[C@@H]2n1c(Nc2cccnc2)nc2ccc(F)cc2c1=O. The number of benzene rings is 1. The van der Waals surface area contributed by atoms with Gasteiger partial charge in [0.25, 0.3) is 5.56 Å². The Bertz CT molecular complexity index is 1070. The zero-order valence-electron chi connectivity index (χ0n) is 15.7. The van der Waals surface area contributed by atoms with Gasteiger partial charge in [0.2, 0.25) is 5.95 Å². The molecule has 0 spiro atoms. The second-order valence-electron chi connectivity index (χ2n) is 7.95. The van der Waals surface area contributed by atoms with Gasteiger partial charge in [-0.25, -0.2) is 9.37 Å². The van der Waals surface area contributed by atoms with Crippen LogP contribution in [-0.4, -0.2) is 39.6 Å². The van der Waals surface area contributed by atoms with Crippen molar-refractivity contribution in [2.75, 3.05) is 25.5 Å². The maximum atomic E-state index is 13.8. The summed E-state index contributed by atoms with van der Waals surface area (Å²) < 4.78 is 15.6. The minimum Gasteiger partial charge on any atom is -0.324 e. The molecule has 2 aliphatic rings. The first-order chi connectivity index (χ1) is 13.6. The highest BCUT2D eigenvalue weighted by atomic mass is 19.1. The van der Waals surface area contributed by atoms with Crippen LogP contribution in [0.1, 0.15) is 18.9 Å². The number of aromatic nitrogens is 3. The first-order valence-electron chi connectivity index (χ1n) is 9.67. The second-order valence-corrected chi connectivity index (χ2v) is 7.95. The van der Waals surface area contributed by atoms with Crippen LogP contribution >= 0.6 is 0 Å². The third kappa shape index (κ3) is 2.86. The zero-order chi connectivity index (χ0) is 19.3. The van der Waals surface area contributed by atoms with E-state index in [1.165, 1.54) is 12.1 Å². The normalized spacial score (nSPS) is 24.6. The van der Waals surface area contributed by atoms with Gasteiger partial charge in [-0.1, -0.05) is 0 Å². The van der Waals surface area contributed by atoms with E-state index in [1.54, 1.807) is 23.0 Å². The van der Waals surface area contributed by atoms with Crippen LogP contribution in [0.4, 0.5) is 16.0 Å².